The summed E-state index contributed by atoms with van der Waals surface area (Å²) in [4.78, 5) is 0. The molecule has 0 unspecified atom stereocenters. The van der Waals surface area contributed by atoms with Gasteiger partial charge in [-0.15, -0.1) is 0 Å². The van der Waals surface area contributed by atoms with Crippen LogP contribution in [0.1, 0.15) is 78.1 Å². The number of rotatable bonds is 11. The van der Waals surface area contributed by atoms with Crippen LogP contribution in [0.4, 0.5) is 0 Å². The van der Waals surface area contributed by atoms with Crippen LogP contribution in [0.2, 0.25) is 0 Å². The molecule has 0 nitrogen and oxygen atoms in total. The zero-order chi connectivity index (χ0) is 11.2. The van der Waals surface area contributed by atoms with Gasteiger partial charge in [0.05, 0.1) is 0 Å². The van der Waals surface area contributed by atoms with Gasteiger partial charge >= 0.3 is 0 Å². The molecule has 15 heavy (non-hydrogen) atoms. The van der Waals surface area contributed by atoms with Gasteiger partial charge in [-0.05, 0) is 25.7 Å². The Morgan fingerprint density at radius 2 is 1.40 bits per heavy atom. The molecule has 0 aliphatic carbocycles. The van der Waals surface area contributed by atoms with Gasteiger partial charge in [0.1, 0.15) is 0 Å². The normalized spacial score (nSPS) is 11.3. The van der Waals surface area contributed by atoms with Crippen LogP contribution in [0.25, 0.3) is 0 Å². The van der Waals surface area contributed by atoms with Crippen molar-refractivity contribution < 1.29 is 0 Å². The minimum absolute atomic E-state index is 1.17. The second-order valence-electron chi connectivity index (χ2n) is 4.31. The minimum Gasteiger partial charge on any atom is -0.0888 e. The summed E-state index contributed by atoms with van der Waals surface area (Å²) in [6, 6.07) is 0. The van der Waals surface area contributed by atoms with E-state index in [0.717, 1.165) is 0 Å². The summed E-state index contributed by atoms with van der Waals surface area (Å²) in [6.07, 6.45) is 20.5. The quantitative estimate of drug-likeness (QED) is 0.303. The highest BCUT2D eigenvalue weighted by Crippen LogP contribution is 2.10. The lowest BCUT2D eigenvalue weighted by Gasteiger charge is -2.00. The number of hydrogen-bond acceptors (Lipinski definition) is 0. The Kier molecular flexibility index (Phi) is 13.5. The molecule has 89 valence electrons. The van der Waals surface area contributed by atoms with Gasteiger partial charge in [0.15, 0.2) is 0 Å². The first-order valence-corrected chi connectivity index (χ1v) is 6.88. The molecule has 0 aromatic rings. The molecular weight excluding hydrogens is 180 g/mol. The third kappa shape index (κ3) is 13.7. The van der Waals surface area contributed by atoms with Crippen molar-refractivity contribution in [2.24, 2.45) is 0 Å². The molecule has 0 aromatic heterocycles. The molecule has 0 aliphatic heterocycles. The van der Waals surface area contributed by atoms with Gasteiger partial charge in [-0.25, -0.2) is 0 Å². The molecule has 0 bridgehead atoms. The average molecular weight is 209 g/mol. The van der Waals surface area contributed by atoms with E-state index in [4.69, 9.17) is 0 Å². The van der Waals surface area contributed by atoms with E-state index in [1.54, 1.807) is 0 Å². The predicted molar refractivity (Wildman–Crippen MR) is 71.0 cm³/mol. The molecule has 1 radical (unpaired) electrons. The highest BCUT2D eigenvalue weighted by atomic mass is 14.0. The summed E-state index contributed by atoms with van der Waals surface area (Å²) < 4.78 is 0. The fraction of sp³-hybridized carbons (Fsp3) is 0.800. The average Bonchev–Trinajstić information content (AvgIpc) is 2.26. The van der Waals surface area contributed by atoms with E-state index in [-0.39, 0.29) is 0 Å². The molecule has 0 heteroatoms. The van der Waals surface area contributed by atoms with Crippen molar-refractivity contribution in [3.05, 3.63) is 18.6 Å². The molecule has 0 atom stereocenters. The van der Waals surface area contributed by atoms with E-state index in [2.05, 4.69) is 32.4 Å². The van der Waals surface area contributed by atoms with E-state index in [1.807, 2.05) is 0 Å². The summed E-state index contributed by atoms with van der Waals surface area (Å²) in [5.41, 5.74) is 0. The van der Waals surface area contributed by atoms with Gasteiger partial charge < -0.3 is 0 Å². The van der Waals surface area contributed by atoms with Crippen LogP contribution in [-0.2, 0) is 0 Å². The van der Waals surface area contributed by atoms with Crippen molar-refractivity contribution in [2.75, 3.05) is 0 Å². The topological polar surface area (TPSA) is 0 Å². The van der Waals surface area contributed by atoms with Crippen LogP contribution in [0.15, 0.2) is 12.2 Å². The first-order chi connectivity index (χ1) is 7.41. The van der Waals surface area contributed by atoms with E-state index >= 15 is 0 Å². The van der Waals surface area contributed by atoms with Crippen LogP contribution >= 0.6 is 0 Å². The Hall–Kier alpha value is -0.260. The van der Waals surface area contributed by atoms with E-state index < -0.39 is 0 Å². The van der Waals surface area contributed by atoms with Gasteiger partial charge in [-0.3, -0.25) is 0 Å². The maximum atomic E-state index is 2.41. The highest BCUT2D eigenvalue weighted by molar-refractivity contribution is 4.85. The Morgan fingerprint density at radius 1 is 0.733 bits per heavy atom. The second kappa shape index (κ2) is 13.7. The lowest BCUT2D eigenvalue weighted by atomic mass is 10.1. The summed E-state index contributed by atoms with van der Waals surface area (Å²) in [7, 11) is 0. The van der Waals surface area contributed by atoms with Crippen LogP contribution in [0.5, 0.6) is 0 Å². The lowest BCUT2D eigenvalue weighted by Crippen LogP contribution is -1.81. The van der Waals surface area contributed by atoms with E-state index in [1.165, 1.54) is 64.2 Å². The van der Waals surface area contributed by atoms with Crippen molar-refractivity contribution in [2.45, 2.75) is 78.1 Å². The molecule has 0 fully saturated rings. The maximum Gasteiger partial charge on any atom is -0.0319 e. The largest absolute Gasteiger partial charge is 0.0888 e. The van der Waals surface area contributed by atoms with Gasteiger partial charge in [0.25, 0.3) is 0 Å². The molecule has 0 spiro atoms. The standard InChI is InChI=1S/C15H29/c1-3-5-7-9-11-13-15-14-12-10-8-6-4-2/h5,7,11H,3-4,6,8-10,12-15H2,1-2H3. The number of unbranched alkanes of at least 4 members (excludes halogenated alkanes) is 9. The van der Waals surface area contributed by atoms with Crippen molar-refractivity contribution in [1.82, 2.24) is 0 Å². The van der Waals surface area contributed by atoms with Gasteiger partial charge in [-0.2, -0.15) is 0 Å². The SMILES string of the molecule is CCC=CC[CH]CCCCCCCCC. The van der Waals surface area contributed by atoms with Gasteiger partial charge in [0.2, 0.25) is 0 Å². The fourth-order valence-electron chi connectivity index (χ4n) is 1.72. The molecule has 0 heterocycles. The van der Waals surface area contributed by atoms with Gasteiger partial charge in [-0.1, -0.05) is 70.9 Å². The molecule has 0 rings (SSSR count). The Bertz CT molecular complexity index is 124. The van der Waals surface area contributed by atoms with E-state index in [9.17, 15) is 0 Å². The highest BCUT2D eigenvalue weighted by Gasteiger charge is 1.90. The van der Waals surface area contributed by atoms with Crippen molar-refractivity contribution >= 4 is 0 Å². The molecule has 0 aromatic carbocycles. The van der Waals surface area contributed by atoms with Crippen LogP contribution < -0.4 is 0 Å². The summed E-state index contributed by atoms with van der Waals surface area (Å²) in [5, 5.41) is 0. The first kappa shape index (κ1) is 14.7. The fourth-order valence-corrected chi connectivity index (χ4v) is 1.72. The number of hydrogen-bond donors (Lipinski definition) is 0. The predicted octanol–water partition coefficient (Wildman–Crippen LogP) is 5.69. The summed E-state index contributed by atoms with van der Waals surface area (Å²) >= 11 is 0. The minimum atomic E-state index is 1.17. The number of allylic oxidation sites excluding steroid dienone is 2. The third-order valence-electron chi connectivity index (χ3n) is 2.72. The van der Waals surface area contributed by atoms with Crippen molar-refractivity contribution in [3.8, 4) is 0 Å². The smallest absolute Gasteiger partial charge is 0.0319 e. The zero-order valence-corrected chi connectivity index (χ0v) is 10.8. The molecule has 0 amide bonds. The monoisotopic (exact) mass is 209 g/mol. The summed E-state index contributed by atoms with van der Waals surface area (Å²) in [5.74, 6) is 0. The van der Waals surface area contributed by atoms with Crippen molar-refractivity contribution in [1.29, 1.82) is 0 Å². The first-order valence-electron chi connectivity index (χ1n) is 6.88. The van der Waals surface area contributed by atoms with E-state index in [0.29, 0.717) is 0 Å². The second-order valence-corrected chi connectivity index (χ2v) is 4.31. The van der Waals surface area contributed by atoms with Crippen LogP contribution in [0, 0.1) is 6.42 Å². The maximum absolute atomic E-state index is 2.41. The molecule has 0 saturated carbocycles. The van der Waals surface area contributed by atoms with Gasteiger partial charge in [0, 0.05) is 0 Å². The molecular formula is C15H29. The Balaban J connectivity index is 2.89. The van der Waals surface area contributed by atoms with Crippen LogP contribution in [0.3, 0.4) is 0 Å². The van der Waals surface area contributed by atoms with Crippen LogP contribution in [-0.4, -0.2) is 0 Å². The molecule has 0 N–H and O–H groups in total. The Labute approximate surface area is 97.2 Å². The summed E-state index contributed by atoms with van der Waals surface area (Å²) in [6.45, 7) is 4.46. The Morgan fingerprint density at radius 3 is 2.07 bits per heavy atom. The lowest BCUT2D eigenvalue weighted by molar-refractivity contribution is 0.586. The molecule has 0 saturated heterocycles. The van der Waals surface area contributed by atoms with Crippen molar-refractivity contribution in [3.63, 3.8) is 0 Å². The molecule has 0 aliphatic rings. The third-order valence-corrected chi connectivity index (χ3v) is 2.72. The zero-order valence-electron chi connectivity index (χ0n) is 10.8.